The maximum Gasteiger partial charge on any atom is 0.326 e. The SMILES string of the molecule is CC[C@H](C)[C@H](NC(=O)[C@H](CCCN=C(N)N)NC(=O)[C@@H](N)CCCCN)C(=O)N1CCC[C@H]1C(=O)N[C@@H](CC(N)=O)C(=O)N[C@@H](CCCCN)C(=O)N[C@@H](CCCCN)C(=O)N1CCC[C@H]1C(=O)NCC(=O)N[C@@H](CCCCN)C(=O)N[C@@H](CCCCN)C(=O)O. The van der Waals surface area contributed by atoms with E-state index in [9.17, 15) is 62.6 Å². The predicted molar refractivity (Wildman–Crippen MR) is 339 cm³/mol. The maximum absolute atomic E-state index is 14.6. The van der Waals surface area contributed by atoms with Crippen LogP contribution in [0.5, 0.6) is 0 Å². The smallest absolute Gasteiger partial charge is 0.326 e. The molecule has 0 aromatic carbocycles. The highest BCUT2D eigenvalue weighted by molar-refractivity contribution is 6.00. The van der Waals surface area contributed by atoms with E-state index in [-0.39, 0.29) is 90.0 Å². The number of likely N-dealkylation sites (tertiary alicyclic amines) is 2. The first-order valence-corrected chi connectivity index (χ1v) is 32.2. The minimum Gasteiger partial charge on any atom is -0.480 e. The number of primary amides is 1. The van der Waals surface area contributed by atoms with Crippen LogP contribution in [-0.4, -0.2) is 211 Å². The summed E-state index contributed by atoms with van der Waals surface area (Å²) in [6.45, 7) is 4.77. The van der Waals surface area contributed by atoms with E-state index in [2.05, 4.69) is 47.5 Å². The Kier molecular flexibility index (Phi) is 38.8. The molecule has 27 N–H and O–H groups in total. The molecular weight excluding hydrogens is 1180 g/mol. The van der Waals surface area contributed by atoms with Gasteiger partial charge in [0, 0.05) is 19.6 Å². The zero-order valence-corrected chi connectivity index (χ0v) is 53.4. The molecule has 0 aliphatic carbocycles. The highest BCUT2D eigenvalue weighted by Gasteiger charge is 2.43. The molecule has 33 heteroatoms. The van der Waals surface area contributed by atoms with Gasteiger partial charge in [-0.25, -0.2) is 4.79 Å². The van der Waals surface area contributed by atoms with E-state index in [0.717, 1.165) is 0 Å². The van der Waals surface area contributed by atoms with Gasteiger partial charge in [-0.3, -0.25) is 57.7 Å². The van der Waals surface area contributed by atoms with Crippen molar-refractivity contribution in [2.45, 2.75) is 222 Å². The number of carboxylic acids is 1. The molecule has 0 spiro atoms. The van der Waals surface area contributed by atoms with Crippen LogP contribution < -0.4 is 94.1 Å². The average molecular weight is 1290 g/mol. The Morgan fingerprint density at radius 1 is 0.495 bits per heavy atom. The largest absolute Gasteiger partial charge is 0.480 e. The number of aliphatic carboxylic acids is 1. The van der Waals surface area contributed by atoms with Gasteiger partial charge in [0.2, 0.25) is 65.0 Å². The predicted octanol–water partition coefficient (Wildman–Crippen LogP) is -5.49. The zero-order valence-electron chi connectivity index (χ0n) is 53.4. The molecule has 2 aliphatic rings. The Morgan fingerprint density at radius 2 is 0.912 bits per heavy atom. The van der Waals surface area contributed by atoms with Crippen molar-refractivity contribution in [1.82, 2.24) is 52.3 Å². The summed E-state index contributed by atoms with van der Waals surface area (Å²) in [5, 5.41) is 30.8. The van der Waals surface area contributed by atoms with Crippen molar-refractivity contribution in [3.63, 3.8) is 0 Å². The number of nitrogens with zero attached hydrogens (tertiary/aromatic N) is 3. The summed E-state index contributed by atoms with van der Waals surface area (Å²) >= 11 is 0. The van der Waals surface area contributed by atoms with Crippen LogP contribution in [0.25, 0.3) is 0 Å². The number of amides is 11. The first kappa shape index (κ1) is 79.8. The van der Waals surface area contributed by atoms with Crippen molar-refractivity contribution >= 4 is 76.9 Å². The number of aliphatic imine (C=N–C) groups is 1. The van der Waals surface area contributed by atoms with Crippen LogP contribution in [0.4, 0.5) is 0 Å². The van der Waals surface area contributed by atoms with Crippen molar-refractivity contribution < 1.29 is 62.6 Å². The van der Waals surface area contributed by atoms with Gasteiger partial charge < -0.3 is 109 Å². The van der Waals surface area contributed by atoms with E-state index in [4.69, 9.17) is 51.6 Å². The lowest BCUT2D eigenvalue weighted by molar-refractivity contribution is -0.144. The van der Waals surface area contributed by atoms with E-state index < -0.39 is 150 Å². The highest BCUT2D eigenvalue weighted by atomic mass is 16.4. The van der Waals surface area contributed by atoms with Gasteiger partial charge in [-0.15, -0.1) is 0 Å². The van der Waals surface area contributed by atoms with Crippen LogP contribution in [-0.2, 0) is 57.5 Å². The van der Waals surface area contributed by atoms with Gasteiger partial charge in [0.15, 0.2) is 5.96 Å². The number of carbonyl (C=O) groups is 12. The number of unbranched alkanes of at least 4 members (excludes halogenated alkanes) is 5. The number of hydrogen-bond acceptors (Lipinski definition) is 19. The number of guanidine groups is 1. The first-order valence-electron chi connectivity index (χ1n) is 32.2. The van der Waals surface area contributed by atoms with Crippen molar-refractivity contribution in [2.24, 2.45) is 62.5 Å². The van der Waals surface area contributed by atoms with Crippen LogP contribution in [0, 0.1) is 5.92 Å². The molecule has 0 aromatic rings. The lowest BCUT2D eigenvalue weighted by Gasteiger charge is -2.33. The van der Waals surface area contributed by atoms with Crippen LogP contribution in [0.1, 0.15) is 162 Å². The maximum atomic E-state index is 14.6. The van der Waals surface area contributed by atoms with Gasteiger partial charge in [-0.1, -0.05) is 26.7 Å². The van der Waals surface area contributed by atoms with Crippen LogP contribution in [0.15, 0.2) is 4.99 Å². The minimum absolute atomic E-state index is 0.0208. The Bertz CT molecular complexity index is 2390. The van der Waals surface area contributed by atoms with E-state index >= 15 is 0 Å². The fourth-order valence-corrected chi connectivity index (χ4v) is 10.7. The molecule has 2 aliphatic heterocycles. The summed E-state index contributed by atoms with van der Waals surface area (Å²) in [4.78, 5) is 171. The number of hydrogen-bond donors (Lipinski definition) is 18. The number of nitrogens with one attached hydrogen (secondary N) is 8. The molecule has 0 unspecified atom stereocenters. The molecule has 91 heavy (non-hydrogen) atoms. The summed E-state index contributed by atoms with van der Waals surface area (Å²) in [6.07, 6.45) is 6.27. The summed E-state index contributed by atoms with van der Waals surface area (Å²) in [5.41, 5.74) is 51.2. The first-order chi connectivity index (χ1) is 43.4. The number of rotatable bonds is 47. The molecule has 0 radical (unpaired) electrons. The molecule has 2 heterocycles. The second-order valence-electron chi connectivity index (χ2n) is 23.4. The molecule has 0 bridgehead atoms. The number of carboxylic acid groups (broad SMARTS) is 1. The van der Waals surface area contributed by atoms with E-state index in [1.165, 1.54) is 9.80 Å². The molecule has 11 amide bonds. The third-order valence-corrected chi connectivity index (χ3v) is 16.1. The summed E-state index contributed by atoms with van der Waals surface area (Å²) < 4.78 is 0. The molecule has 2 saturated heterocycles. The fraction of sp³-hybridized carbons (Fsp3) is 0.776. The van der Waals surface area contributed by atoms with Gasteiger partial charge in [0.25, 0.3) is 0 Å². The van der Waals surface area contributed by atoms with Crippen LogP contribution >= 0.6 is 0 Å². The van der Waals surface area contributed by atoms with Gasteiger partial charge in [-0.05, 0) is 167 Å². The topological polar surface area (TPSA) is 574 Å². The average Bonchev–Trinajstić information content (AvgIpc) is 3.46. The van der Waals surface area contributed by atoms with Gasteiger partial charge in [0.1, 0.15) is 54.4 Å². The van der Waals surface area contributed by atoms with Crippen LogP contribution in [0.2, 0.25) is 0 Å². The summed E-state index contributed by atoms with van der Waals surface area (Å²) in [6, 6.07) is -12.3. The fourth-order valence-electron chi connectivity index (χ4n) is 10.7. The Hall–Kier alpha value is -7.33. The molecular formula is C58H108N20O13. The minimum atomic E-state index is -1.67. The standard InChI is InChI=1S/C58H108N20O13/c1-3-35(2)47(76-51(84)39(22-14-30-68-58(66)67)71-48(81)36(64)17-4-9-25-59)56(89)78-32-16-24-44(78)54(87)75-42(33-45(65)79)52(85)72-38(19-6-11-27-61)50(83)73-40(20-7-12-28-62)55(88)77-31-15-23-43(77)53(86)69-34-46(80)70-37(18-5-10-26-60)49(82)74-41(57(90)91)21-8-13-29-63/h35-44,47H,3-34,59-64H2,1-2H3,(H2,65,79)(H,69,86)(H,70,80)(H,71,81)(H,72,85)(H,73,83)(H,74,82)(H,75,87)(H,76,84)(H,90,91)(H4,66,67,68)/t35-,36-,37-,38-,39-,40-,41-,42-,43-,44-,47-/m0/s1. The van der Waals surface area contributed by atoms with Gasteiger partial charge in [-0.2, -0.15) is 0 Å². The third kappa shape index (κ3) is 29.2. The van der Waals surface area contributed by atoms with Gasteiger partial charge >= 0.3 is 5.97 Å². The van der Waals surface area contributed by atoms with Gasteiger partial charge in [0.05, 0.1) is 19.0 Å². The second-order valence-corrected chi connectivity index (χ2v) is 23.4. The summed E-state index contributed by atoms with van der Waals surface area (Å²) in [5.74, 6) is -10.3. The molecule has 11 atom stereocenters. The molecule has 33 nitrogen and oxygen atoms in total. The van der Waals surface area contributed by atoms with Crippen molar-refractivity contribution in [2.75, 3.05) is 58.9 Å². The van der Waals surface area contributed by atoms with Crippen molar-refractivity contribution in [1.29, 1.82) is 0 Å². The molecule has 0 aromatic heterocycles. The van der Waals surface area contributed by atoms with Crippen molar-refractivity contribution in [3.8, 4) is 0 Å². The second kappa shape index (κ2) is 44.2. The molecule has 0 saturated carbocycles. The molecule has 518 valence electrons. The van der Waals surface area contributed by atoms with Crippen molar-refractivity contribution in [3.05, 3.63) is 0 Å². The normalized spacial score (nSPS) is 17.5. The lowest BCUT2D eigenvalue weighted by atomic mass is 9.96. The quantitative estimate of drug-likeness (QED) is 0.0154. The Balaban J connectivity index is 2.35. The molecule has 2 rings (SSSR count). The van der Waals surface area contributed by atoms with E-state index in [1.807, 2.05) is 0 Å². The molecule has 2 fully saturated rings. The Labute approximate surface area is 533 Å². The third-order valence-electron chi connectivity index (χ3n) is 16.1. The Morgan fingerprint density at radius 3 is 1.41 bits per heavy atom. The lowest BCUT2D eigenvalue weighted by Crippen LogP contribution is -2.61. The van der Waals surface area contributed by atoms with E-state index in [0.29, 0.717) is 110 Å². The summed E-state index contributed by atoms with van der Waals surface area (Å²) in [7, 11) is 0. The van der Waals surface area contributed by atoms with Crippen LogP contribution in [0.3, 0.4) is 0 Å². The van der Waals surface area contributed by atoms with E-state index in [1.54, 1.807) is 13.8 Å². The number of nitrogens with two attached hydrogens (primary N) is 9. The monoisotopic (exact) mass is 1290 g/mol. The zero-order chi connectivity index (χ0) is 68.0. The highest BCUT2D eigenvalue weighted by Crippen LogP contribution is 2.24. The number of carbonyl (C=O) groups excluding carboxylic acids is 11.